The van der Waals surface area contributed by atoms with Gasteiger partial charge in [0.25, 0.3) is 0 Å². The third-order valence-corrected chi connectivity index (χ3v) is 2.32. The maximum Gasteiger partial charge on any atom is 0.411 e. The number of allylic oxidation sites excluding steroid dienone is 4. The van der Waals surface area contributed by atoms with Gasteiger partial charge in [0.1, 0.15) is 11.2 Å². The molecule has 0 fully saturated rings. The van der Waals surface area contributed by atoms with Crippen LogP contribution in [0.5, 0.6) is 0 Å². The maximum atomic E-state index is 11.4. The van der Waals surface area contributed by atoms with Crippen LogP contribution in [0.25, 0.3) is 0 Å². The van der Waals surface area contributed by atoms with Crippen LogP contribution >= 0.6 is 15.9 Å². The summed E-state index contributed by atoms with van der Waals surface area (Å²) in [7, 11) is 0. The number of hydrogen-bond acceptors (Lipinski definition) is 4. The Morgan fingerprint density at radius 3 is 1.74 bits per heavy atom. The molecule has 0 heterocycles. The van der Waals surface area contributed by atoms with Crippen LogP contribution in [-0.4, -0.2) is 23.4 Å². The van der Waals surface area contributed by atoms with Crippen molar-refractivity contribution >= 4 is 28.1 Å². The molecule has 0 aromatic rings. The Kier molecular flexibility index (Phi) is 8.68. The minimum atomic E-state index is -0.541. The normalized spacial score (nSPS) is 13.3. The number of carbonyl (C=O) groups excluding carboxylic acids is 2. The SMILES string of the molecule is CC(C)(C)OC(=O)N/C=C/C=C(Br)\C=C\NC(=O)OC(C)(C)C. The molecule has 2 amide bonds. The van der Waals surface area contributed by atoms with Crippen molar-refractivity contribution in [2.45, 2.75) is 52.7 Å². The molecule has 0 aliphatic carbocycles. The summed E-state index contributed by atoms with van der Waals surface area (Å²) >= 11 is 3.29. The van der Waals surface area contributed by atoms with Crippen molar-refractivity contribution in [3.8, 4) is 0 Å². The standard InChI is InChI=1S/C16H25BrN2O4/c1-15(2,3)22-13(20)18-10-7-8-12(17)9-11-19-14(21)23-16(4,5)6/h7-11H,1-6H3,(H,18,20)(H,19,21)/b10-7+,11-9+,12-8+. The van der Waals surface area contributed by atoms with Crippen molar-refractivity contribution in [3.05, 3.63) is 35.1 Å². The number of nitrogens with one attached hydrogen (secondary N) is 2. The van der Waals surface area contributed by atoms with E-state index in [0.717, 1.165) is 0 Å². The van der Waals surface area contributed by atoms with Crippen molar-refractivity contribution in [1.29, 1.82) is 0 Å². The number of ether oxygens (including phenoxy) is 2. The molecule has 0 spiro atoms. The molecule has 0 rings (SSSR count). The van der Waals surface area contributed by atoms with E-state index in [9.17, 15) is 9.59 Å². The van der Waals surface area contributed by atoms with Crippen molar-refractivity contribution in [2.75, 3.05) is 0 Å². The van der Waals surface area contributed by atoms with E-state index in [1.54, 1.807) is 59.8 Å². The molecule has 0 saturated carbocycles. The number of alkyl carbamates (subject to hydrolysis) is 2. The number of amides is 2. The summed E-state index contributed by atoms with van der Waals surface area (Å²) in [6.45, 7) is 10.7. The quantitative estimate of drug-likeness (QED) is 0.702. The zero-order chi connectivity index (χ0) is 18.1. The lowest BCUT2D eigenvalue weighted by molar-refractivity contribution is 0.0540. The number of halogens is 1. The Balaban J connectivity index is 4.21. The van der Waals surface area contributed by atoms with Crippen molar-refractivity contribution in [2.24, 2.45) is 0 Å². The first-order valence-electron chi connectivity index (χ1n) is 7.07. The van der Waals surface area contributed by atoms with Crippen LogP contribution in [0.1, 0.15) is 41.5 Å². The molecule has 0 radical (unpaired) electrons. The molecule has 0 atom stereocenters. The van der Waals surface area contributed by atoms with Crippen LogP contribution in [0, 0.1) is 0 Å². The molecular weight excluding hydrogens is 364 g/mol. The highest BCUT2D eigenvalue weighted by Gasteiger charge is 2.15. The van der Waals surface area contributed by atoms with Crippen LogP contribution in [0.4, 0.5) is 9.59 Å². The van der Waals surface area contributed by atoms with Gasteiger partial charge in [0.2, 0.25) is 0 Å². The summed E-state index contributed by atoms with van der Waals surface area (Å²) in [6.07, 6.45) is 6.77. The fraction of sp³-hybridized carbons (Fsp3) is 0.500. The first-order chi connectivity index (χ1) is 10.4. The topological polar surface area (TPSA) is 76.7 Å². The number of carbonyl (C=O) groups is 2. The fourth-order valence-electron chi connectivity index (χ4n) is 1.12. The lowest BCUT2D eigenvalue weighted by Gasteiger charge is -2.18. The van der Waals surface area contributed by atoms with Gasteiger partial charge in [-0.3, -0.25) is 10.6 Å². The largest absolute Gasteiger partial charge is 0.444 e. The van der Waals surface area contributed by atoms with Crippen molar-refractivity contribution in [1.82, 2.24) is 10.6 Å². The van der Waals surface area contributed by atoms with E-state index in [-0.39, 0.29) is 0 Å². The number of rotatable bonds is 4. The van der Waals surface area contributed by atoms with Crippen LogP contribution in [0.2, 0.25) is 0 Å². The molecule has 6 nitrogen and oxygen atoms in total. The maximum absolute atomic E-state index is 11.4. The Hall–Kier alpha value is -1.76. The number of hydrogen-bond donors (Lipinski definition) is 2. The summed E-state index contributed by atoms with van der Waals surface area (Å²) in [5.41, 5.74) is -1.08. The van der Waals surface area contributed by atoms with E-state index in [2.05, 4.69) is 26.6 Å². The molecule has 0 unspecified atom stereocenters. The molecule has 0 aliphatic heterocycles. The van der Waals surface area contributed by atoms with Crippen molar-refractivity contribution < 1.29 is 19.1 Å². The molecule has 7 heteroatoms. The smallest absolute Gasteiger partial charge is 0.411 e. The molecule has 0 aliphatic rings. The average Bonchev–Trinajstić information content (AvgIpc) is 2.30. The summed E-state index contributed by atoms with van der Waals surface area (Å²) in [6, 6.07) is 0. The third kappa shape index (κ3) is 14.9. The molecule has 0 saturated heterocycles. The van der Waals surface area contributed by atoms with Gasteiger partial charge < -0.3 is 9.47 Å². The van der Waals surface area contributed by atoms with E-state index in [1.807, 2.05) is 0 Å². The lowest BCUT2D eigenvalue weighted by Crippen LogP contribution is -2.29. The highest BCUT2D eigenvalue weighted by atomic mass is 79.9. The van der Waals surface area contributed by atoms with E-state index >= 15 is 0 Å². The Bertz CT molecular complexity index is 497. The van der Waals surface area contributed by atoms with Gasteiger partial charge in [-0.15, -0.1) is 0 Å². The monoisotopic (exact) mass is 388 g/mol. The van der Waals surface area contributed by atoms with Crippen LogP contribution < -0.4 is 10.6 Å². The predicted molar refractivity (Wildman–Crippen MR) is 94.0 cm³/mol. The molecule has 130 valence electrons. The predicted octanol–water partition coefficient (Wildman–Crippen LogP) is 4.34. The van der Waals surface area contributed by atoms with E-state index in [1.165, 1.54) is 12.4 Å². The second-order valence-corrected chi connectivity index (χ2v) is 7.45. The molecule has 0 bridgehead atoms. The van der Waals surface area contributed by atoms with E-state index in [0.29, 0.717) is 4.48 Å². The van der Waals surface area contributed by atoms with Crippen molar-refractivity contribution in [3.63, 3.8) is 0 Å². The Morgan fingerprint density at radius 1 is 0.870 bits per heavy atom. The summed E-state index contributed by atoms with van der Waals surface area (Å²) in [5.74, 6) is 0. The molecule has 0 aromatic heterocycles. The first kappa shape index (κ1) is 21.2. The minimum absolute atomic E-state index is 0.527. The van der Waals surface area contributed by atoms with Gasteiger partial charge in [-0.2, -0.15) is 0 Å². The van der Waals surface area contributed by atoms with Gasteiger partial charge >= 0.3 is 12.2 Å². The van der Waals surface area contributed by atoms with Crippen LogP contribution in [0.15, 0.2) is 35.1 Å². The molecule has 2 N–H and O–H groups in total. The zero-order valence-electron chi connectivity index (χ0n) is 14.4. The second-order valence-electron chi connectivity index (χ2n) is 6.54. The van der Waals surface area contributed by atoms with Gasteiger partial charge in [0, 0.05) is 16.9 Å². The summed E-state index contributed by atoms with van der Waals surface area (Å²) in [5, 5.41) is 4.95. The zero-order valence-corrected chi connectivity index (χ0v) is 16.0. The van der Waals surface area contributed by atoms with E-state index < -0.39 is 23.4 Å². The fourth-order valence-corrected chi connectivity index (χ4v) is 1.40. The first-order valence-corrected chi connectivity index (χ1v) is 7.86. The Labute approximate surface area is 146 Å². The highest BCUT2D eigenvalue weighted by Crippen LogP contribution is 2.08. The van der Waals surface area contributed by atoms with Gasteiger partial charge in [-0.25, -0.2) is 9.59 Å². The van der Waals surface area contributed by atoms with Gasteiger partial charge in [0.05, 0.1) is 0 Å². The molecule has 0 aromatic carbocycles. The minimum Gasteiger partial charge on any atom is -0.444 e. The lowest BCUT2D eigenvalue weighted by atomic mass is 10.2. The second kappa shape index (κ2) is 9.39. The van der Waals surface area contributed by atoms with Gasteiger partial charge in [-0.05, 0) is 59.8 Å². The average molecular weight is 389 g/mol. The molecule has 23 heavy (non-hydrogen) atoms. The highest BCUT2D eigenvalue weighted by molar-refractivity contribution is 9.11. The van der Waals surface area contributed by atoms with Gasteiger partial charge in [0.15, 0.2) is 0 Å². The van der Waals surface area contributed by atoms with Crippen LogP contribution in [0.3, 0.4) is 0 Å². The van der Waals surface area contributed by atoms with Gasteiger partial charge in [-0.1, -0.05) is 15.9 Å². The Morgan fingerprint density at radius 2 is 1.30 bits per heavy atom. The van der Waals surface area contributed by atoms with Crippen LogP contribution in [-0.2, 0) is 9.47 Å². The molecular formula is C16H25BrN2O4. The third-order valence-electron chi connectivity index (χ3n) is 1.79. The summed E-state index contributed by atoms with van der Waals surface area (Å²) < 4.78 is 10.8. The van der Waals surface area contributed by atoms with E-state index in [4.69, 9.17) is 9.47 Å². The summed E-state index contributed by atoms with van der Waals surface area (Å²) in [4.78, 5) is 22.8.